The molecule has 34 heavy (non-hydrogen) atoms. The molecule has 0 radical (unpaired) electrons. The quantitative estimate of drug-likeness (QED) is 0.661. The van der Waals surface area contributed by atoms with Gasteiger partial charge in [-0.3, -0.25) is 19.3 Å². The highest BCUT2D eigenvalue weighted by molar-refractivity contribution is 5.94. The molecule has 0 aromatic heterocycles. The fraction of sp³-hybridized carbons (Fsp3) is 0.654. The molecule has 1 aromatic rings. The van der Waals surface area contributed by atoms with Gasteiger partial charge in [-0.15, -0.1) is 0 Å². The molecule has 3 aliphatic rings. The third-order valence-electron chi connectivity index (χ3n) is 7.40. The highest BCUT2D eigenvalue weighted by atomic mass is 16.5. The molecule has 1 aliphatic carbocycles. The zero-order valence-electron chi connectivity index (χ0n) is 20.7. The molecule has 3 atom stereocenters. The number of amides is 3. The largest absolute Gasteiger partial charge is 0.484 e. The number of hydrogen-bond donors (Lipinski definition) is 1. The van der Waals surface area contributed by atoms with Crippen molar-refractivity contribution in [1.82, 2.24) is 20.0 Å². The first-order chi connectivity index (χ1) is 16.3. The van der Waals surface area contributed by atoms with Crippen molar-refractivity contribution in [2.75, 3.05) is 32.8 Å². The Morgan fingerprint density at radius 2 is 1.59 bits per heavy atom. The summed E-state index contributed by atoms with van der Waals surface area (Å²) in [6.07, 6.45) is 5.39. The Hall–Kier alpha value is -2.61. The number of ether oxygens (including phenoxy) is 1. The summed E-state index contributed by atoms with van der Waals surface area (Å²) in [6, 6.07) is 7.70. The molecule has 3 fully saturated rings. The molecular formula is C26H38N4O4. The van der Waals surface area contributed by atoms with Crippen molar-refractivity contribution in [2.45, 2.75) is 77.0 Å². The monoisotopic (exact) mass is 470 g/mol. The Kier molecular flexibility index (Phi) is 7.76. The molecule has 3 unspecified atom stereocenters. The zero-order chi connectivity index (χ0) is 24.2. The van der Waals surface area contributed by atoms with Gasteiger partial charge in [-0.2, -0.15) is 0 Å². The zero-order valence-corrected chi connectivity index (χ0v) is 20.7. The predicted octanol–water partition coefficient (Wildman–Crippen LogP) is 2.28. The number of piperazine rings is 1. The summed E-state index contributed by atoms with van der Waals surface area (Å²) in [7, 11) is 0. The lowest BCUT2D eigenvalue weighted by atomic mass is 9.97. The van der Waals surface area contributed by atoms with Crippen LogP contribution in [0.25, 0.3) is 0 Å². The molecule has 186 valence electrons. The third kappa shape index (κ3) is 5.90. The van der Waals surface area contributed by atoms with E-state index in [0.29, 0.717) is 43.5 Å². The van der Waals surface area contributed by atoms with E-state index in [4.69, 9.17) is 4.74 Å². The van der Waals surface area contributed by atoms with E-state index in [-0.39, 0.29) is 42.5 Å². The van der Waals surface area contributed by atoms with Gasteiger partial charge in [0.2, 0.25) is 5.91 Å². The number of likely N-dealkylation sites (tertiary alicyclic amines) is 1. The topological polar surface area (TPSA) is 82.2 Å². The van der Waals surface area contributed by atoms with Crippen LogP contribution in [0.1, 0.15) is 63.2 Å². The number of carbonyl (C=O) groups is 3. The van der Waals surface area contributed by atoms with Gasteiger partial charge in [0, 0.05) is 49.9 Å². The number of piperidine rings is 1. The fourth-order valence-electron chi connectivity index (χ4n) is 5.04. The number of benzene rings is 1. The SMILES string of the molecule is CC(C(=O)NC1CC1)N1CCN(C(=O)c2ccc(OCC(=O)N3C(C)CCCC3C)cc2)CC1. The summed E-state index contributed by atoms with van der Waals surface area (Å²) in [6.45, 7) is 8.69. The maximum absolute atomic E-state index is 12.9. The summed E-state index contributed by atoms with van der Waals surface area (Å²) in [5, 5.41) is 3.06. The van der Waals surface area contributed by atoms with Crippen LogP contribution in [-0.2, 0) is 9.59 Å². The van der Waals surface area contributed by atoms with Crippen LogP contribution < -0.4 is 10.1 Å². The first-order valence-electron chi connectivity index (χ1n) is 12.7. The second-order valence-corrected chi connectivity index (χ2v) is 10.0. The van der Waals surface area contributed by atoms with E-state index in [1.807, 2.05) is 16.7 Å². The first-order valence-corrected chi connectivity index (χ1v) is 12.7. The Labute approximate surface area is 202 Å². The van der Waals surface area contributed by atoms with Crippen molar-refractivity contribution < 1.29 is 19.1 Å². The van der Waals surface area contributed by atoms with Crippen molar-refractivity contribution in [3.05, 3.63) is 29.8 Å². The van der Waals surface area contributed by atoms with Gasteiger partial charge in [0.05, 0.1) is 6.04 Å². The van der Waals surface area contributed by atoms with Crippen LogP contribution in [0.3, 0.4) is 0 Å². The van der Waals surface area contributed by atoms with Crippen LogP contribution in [-0.4, -0.2) is 89.4 Å². The highest BCUT2D eigenvalue weighted by Crippen LogP contribution is 2.23. The second-order valence-electron chi connectivity index (χ2n) is 10.0. The van der Waals surface area contributed by atoms with Crippen molar-refractivity contribution in [1.29, 1.82) is 0 Å². The third-order valence-corrected chi connectivity index (χ3v) is 7.40. The van der Waals surface area contributed by atoms with Gasteiger partial charge in [-0.05, 0) is 77.1 Å². The lowest BCUT2D eigenvalue weighted by Gasteiger charge is -2.39. The van der Waals surface area contributed by atoms with Crippen LogP contribution in [0.2, 0.25) is 0 Å². The smallest absolute Gasteiger partial charge is 0.260 e. The molecule has 8 heteroatoms. The maximum atomic E-state index is 12.9. The molecule has 4 rings (SSSR count). The van der Waals surface area contributed by atoms with Crippen LogP contribution in [0.5, 0.6) is 5.75 Å². The first kappa shape index (κ1) is 24.5. The van der Waals surface area contributed by atoms with Crippen LogP contribution in [0.15, 0.2) is 24.3 Å². The number of hydrogen-bond acceptors (Lipinski definition) is 5. The van der Waals surface area contributed by atoms with Gasteiger partial charge in [-0.1, -0.05) is 0 Å². The van der Waals surface area contributed by atoms with E-state index < -0.39 is 0 Å². The molecule has 8 nitrogen and oxygen atoms in total. The summed E-state index contributed by atoms with van der Waals surface area (Å²) >= 11 is 0. The second kappa shape index (κ2) is 10.8. The van der Waals surface area contributed by atoms with Crippen molar-refractivity contribution in [3.63, 3.8) is 0 Å². The molecule has 0 bridgehead atoms. The number of nitrogens with one attached hydrogen (secondary N) is 1. The van der Waals surface area contributed by atoms with E-state index in [1.165, 1.54) is 0 Å². The fourth-order valence-corrected chi connectivity index (χ4v) is 5.04. The van der Waals surface area contributed by atoms with Crippen molar-refractivity contribution in [2.24, 2.45) is 0 Å². The predicted molar refractivity (Wildman–Crippen MR) is 130 cm³/mol. The van der Waals surface area contributed by atoms with Gasteiger partial charge in [0.15, 0.2) is 6.61 Å². The average Bonchev–Trinajstić information content (AvgIpc) is 3.66. The van der Waals surface area contributed by atoms with Gasteiger partial charge in [0.25, 0.3) is 11.8 Å². The lowest BCUT2D eigenvalue weighted by molar-refractivity contribution is -0.139. The number of nitrogens with zero attached hydrogens (tertiary/aromatic N) is 3. The van der Waals surface area contributed by atoms with Crippen LogP contribution in [0.4, 0.5) is 0 Å². The molecular weight excluding hydrogens is 432 g/mol. The van der Waals surface area contributed by atoms with E-state index >= 15 is 0 Å². The van der Waals surface area contributed by atoms with Crippen molar-refractivity contribution in [3.8, 4) is 5.75 Å². The minimum absolute atomic E-state index is 0.0104. The Morgan fingerprint density at radius 1 is 0.971 bits per heavy atom. The molecule has 1 N–H and O–H groups in total. The maximum Gasteiger partial charge on any atom is 0.260 e. The molecule has 2 saturated heterocycles. The molecule has 0 spiro atoms. The van der Waals surface area contributed by atoms with Gasteiger partial charge >= 0.3 is 0 Å². The van der Waals surface area contributed by atoms with E-state index in [0.717, 1.165) is 32.1 Å². The summed E-state index contributed by atoms with van der Waals surface area (Å²) in [4.78, 5) is 43.8. The number of carbonyl (C=O) groups excluding carboxylic acids is 3. The number of rotatable bonds is 7. The van der Waals surface area contributed by atoms with E-state index in [1.54, 1.807) is 24.3 Å². The Balaban J connectivity index is 1.24. The molecule has 2 heterocycles. The molecule has 1 saturated carbocycles. The minimum atomic E-state index is -0.173. The molecule has 1 aromatic carbocycles. The van der Waals surface area contributed by atoms with E-state index in [9.17, 15) is 14.4 Å². The van der Waals surface area contributed by atoms with Gasteiger partial charge in [-0.25, -0.2) is 0 Å². The molecule has 2 aliphatic heterocycles. The molecule has 3 amide bonds. The van der Waals surface area contributed by atoms with Gasteiger partial charge < -0.3 is 19.9 Å². The standard InChI is InChI=1S/C26H38N4O4/c1-18-5-4-6-19(2)30(18)24(31)17-34-23-11-7-21(8-12-23)26(33)29-15-13-28(14-16-29)20(3)25(32)27-22-9-10-22/h7-8,11-12,18-20,22H,4-6,9-10,13-17H2,1-3H3,(H,27,32). The van der Waals surface area contributed by atoms with Crippen molar-refractivity contribution >= 4 is 17.7 Å². The Bertz CT molecular complexity index is 867. The average molecular weight is 471 g/mol. The Morgan fingerprint density at radius 3 is 2.18 bits per heavy atom. The summed E-state index contributed by atoms with van der Waals surface area (Å²) in [5.41, 5.74) is 0.602. The van der Waals surface area contributed by atoms with E-state index in [2.05, 4.69) is 24.1 Å². The minimum Gasteiger partial charge on any atom is -0.484 e. The summed E-state index contributed by atoms with van der Waals surface area (Å²) in [5.74, 6) is 0.661. The highest BCUT2D eigenvalue weighted by Gasteiger charge is 2.31. The van der Waals surface area contributed by atoms with Crippen LogP contribution >= 0.6 is 0 Å². The van der Waals surface area contributed by atoms with Gasteiger partial charge in [0.1, 0.15) is 5.75 Å². The lowest BCUT2D eigenvalue weighted by Crippen LogP contribution is -2.55. The van der Waals surface area contributed by atoms with Crippen LogP contribution in [0, 0.1) is 0 Å². The normalized spacial score (nSPS) is 24.4. The summed E-state index contributed by atoms with van der Waals surface area (Å²) < 4.78 is 5.73.